The number of nitrogens with zero attached hydrogens (tertiary/aromatic N) is 2. The van der Waals surface area contributed by atoms with Gasteiger partial charge in [0, 0.05) is 19.6 Å². The SMILES string of the molecule is CC(C(=O)N1CCCCC1)N1CCC(N)C1=O. The van der Waals surface area contributed by atoms with Crippen molar-refractivity contribution in [2.24, 2.45) is 5.73 Å². The number of nitrogens with two attached hydrogens (primary N) is 1. The molecule has 2 unspecified atom stereocenters. The van der Waals surface area contributed by atoms with Crippen LogP contribution in [0.4, 0.5) is 0 Å². The van der Waals surface area contributed by atoms with Gasteiger partial charge in [-0.1, -0.05) is 0 Å². The van der Waals surface area contributed by atoms with E-state index < -0.39 is 6.04 Å². The van der Waals surface area contributed by atoms with Crippen molar-refractivity contribution >= 4 is 11.8 Å². The second kappa shape index (κ2) is 5.04. The van der Waals surface area contributed by atoms with Crippen LogP contribution in [0.5, 0.6) is 0 Å². The average Bonchev–Trinajstić information content (AvgIpc) is 2.69. The van der Waals surface area contributed by atoms with E-state index in [9.17, 15) is 9.59 Å². The number of piperidine rings is 1. The van der Waals surface area contributed by atoms with Crippen LogP contribution in [-0.4, -0.2) is 53.3 Å². The molecule has 0 bridgehead atoms. The van der Waals surface area contributed by atoms with Crippen molar-refractivity contribution in [1.82, 2.24) is 9.80 Å². The number of rotatable bonds is 2. The van der Waals surface area contributed by atoms with Crippen LogP contribution < -0.4 is 5.73 Å². The molecule has 0 spiro atoms. The van der Waals surface area contributed by atoms with Gasteiger partial charge in [0.1, 0.15) is 6.04 Å². The topological polar surface area (TPSA) is 66.6 Å². The summed E-state index contributed by atoms with van der Waals surface area (Å²) < 4.78 is 0. The smallest absolute Gasteiger partial charge is 0.245 e. The van der Waals surface area contributed by atoms with Gasteiger partial charge in [-0.25, -0.2) is 0 Å². The molecule has 2 aliphatic rings. The van der Waals surface area contributed by atoms with E-state index in [1.54, 1.807) is 4.90 Å². The Morgan fingerprint density at radius 1 is 1.29 bits per heavy atom. The average molecular weight is 239 g/mol. The Morgan fingerprint density at radius 2 is 1.94 bits per heavy atom. The molecule has 0 aromatic heterocycles. The molecule has 2 rings (SSSR count). The second-order valence-electron chi connectivity index (χ2n) is 4.99. The zero-order chi connectivity index (χ0) is 12.4. The first-order chi connectivity index (χ1) is 8.11. The highest BCUT2D eigenvalue weighted by Crippen LogP contribution is 2.17. The molecule has 5 nitrogen and oxygen atoms in total. The van der Waals surface area contributed by atoms with Crippen LogP contribution in [0.15, 0.2) is 0 Å². The Kier molecular flexibility index (Phi) is 3.66. The Bertz CT molecular complexity index is 313. The number of carbonyl (C=O) groups is 2. The summed E-state index contributed by atoms with van der Waals surface area (Å²) in [5, 5.41) is 0. The molecule has 2 amide bonds. The highest BCUT2D eigenvalue weighted by Gasteiger charge is 2.36. The largest absolute Gasteiger partial charge is 0.341 e. The first-order valence-electron chi connectivity index (χ1n) is 6.46. The second-order valence-corrected chi connectivity index (χ2v) is 4.99. The van der Waals surface area contributed by atoms with Crippen molar-refractivity contribution in [2.45, 2.75) is 44.7 Å². The van der Waals surface area contributed by atoms with Gasteiger partial charge < -0.3 is 15.5 Å². The van der Waals surface area contributed by atoms with E-state index in [0.717, 1.165) is 25.9 Å². The molecule has 0 saturated carbocycles. The van der Waals surface area contributed by atoms with Gasteiger partial charge in [-0.2, -0.15) is 0 Å². The van der Waals surface area contributed by atoms with Gasteiger partial charge in [-0.15, -0.1) is 0 Å². The number of likely N-dealkylation sites (tertiary alicyclic amines) is 2. The van der Waals surface area contributed by atoms with Crippen molar-refractivity contribution in [3.63, 3.8) is 0 Å². The van der Waals surface area contributed by atoms with Crippen LogP contribution >= 0.6 is 0 Å². The summed E-state index contributed by atoms with van der Waals surface area (Å²) in [6.07, 6.45) is 4.01. The molecule has 17 heavy (non-hydrogen) atoms. The fourth-order valence-corrected chi connectivity index (χ4v) is 2.62. The van der Waals surface area contributed by atoms with E-state index in [-0.39, 0.29) is 17.9 Å². The lowest BCUT2D eigenvalue weighted by atomic mass is 10.1. The molecule has 0 radical (unpaired) electrons. The zero-order valence-corrected chi connectivity index (χ0v) is 10.4. The summed E-state index contributed by atoms with van der Waals surface area (Å²) in [6.45, 7) is 4.09. The highest BCUT2D eigenvalue weighted by atomic mass is 16.2. The predicted octanol–water partition coefficient (Wildman–Crippen LogP) is -0.0530. The summed E-state index contributed by atoms with van der Waals surface area (Å²) >= 11 is 0. The Hall–Kier alpha value is -1.10. The third-order valence-corrected chi connectivity index (χ3v) is 3.77. The molecule has 0 aromatic rings. The molecular formula is C12H21N3O2. The van der Waals surface area contributed by atoms with E-state index in [1.807, 2.05) is 11.8 Å². The first-order valence-corrected chi connectivity index (χ1v) is 6.46. The fourth-order valence-electron chi connectivity index (χ4n) is 2.62. The monoisotopic (exact) mass is 239 g/mol. The minimum Gasteiger partial charge on any atom is -0.341 e. The molecule has 0 aliphatic carbocycles. The number of amides is 2. The van der Waals surface area contributed by atoms with Crippen molar-refractivity contribution in [2.75, 3.05) is 19.6 Å². The van der Waals surface area contributed by atoms with Crippen LogP contribution in [-0.2, 0) is 9.59 Å². The van der Waals surface area contributed by atoms with E-state index in [1.165, 1.54) is 6.42 Å². The molecule has 2 N–H and O–H groups in total. The van der Waals surface area contributed by atoms with Crippen molar-refractivity contribution in [1.29, 1.82) is 0 Å². The molecule has 2 fully saturated rings. The molecule has 2 heterocycles. The van der Waals surface area contributed by atoms with Crippen molar-refractivity contribution in [3.8, 4) is 0 Å². The Morgan fingerprint density at radius 3 is 2.47 bits per heavy atom. The lowest BCUT2D eigenvalue weighted by molar-refractivity contribution is -0.143. The number of carbonyl (C=O) groups excluding carboxylic acids is 2. The maximum atomic E-state index is 12.2. The quantitative estimate of drug-likeness (QED) is 0.734. The number of hydrogen-bond donors (Lipinski definition) is 1. The van der Waals surface area contributed by atoms with Crippen LogP contribution in [0.2, 0.25) is 0 Å². The first kappa shape index (κ1) is 12.4. The number of hydrogen-bond acceptors (Lipinski definition) is 3. The summed E-state index contributed by atoms with van der Waals surface area (Å²) in [6, 6.07) is -0.763. The molecule has 96 valence electrons. The van der Waals surface area contributed by atoms with Crippen LogP contribution in [0.25, 0.3) is 0 Å². The van der Waals surface area contributed by atoms with Gasteiger partial charge in [-0.05, 0) is 32.6 Å². The lowest BCUT2D eigenvalue weighted by Crippen LogP contribution is -2.50. The Labute approximate surface area is 102 Å². The zero-order valence-electron chi connectivity index (χ0n) is 10.4. The minimum atomic E-state index is -0.411. The lowest BCUT2D eigenvalue weighted by Gasteiger charge is -2.32. The van der Waals surface area contributed by atoms with Crippen molar-refractivity contribution < 1.29 is 9.59 Å². The van der Waals surface area contributed by atoms with Gasteiger partial charge in [0.2, 0.25) is 11.8 Å². The summed E-state index contributed by atoms with van der Waals surface area (Å²) in [7, 11) is 0. The molecule has 0 aromatic carbocycles. The van der Waals surface area contributed by atoms with Crippen LogP contribution in [0, 0.1) is 0 Å². The summed E-state index contributed by atoms with van der Waals surface area (Å²) in [5.41, 5.74) is 5.67. The molecular weight excluding hydrogens is 218 g/mol. The maximum absolute atomic E-state index is 12.2. The fraction of sp³-hybridized carbons (Fsp3) is 0.833. The predicted molar refractivity (Wildman–Crippen MR) is 64.2 cm³/mol. The maximum Gasteiger partial charge on any atom is 0.245 e. The standard InChI is InChI=1S/C12H21N3O2/c1-9(15-8-5-10(13)12(15)17)11(16)14-6-3-2-4-7-14/h9-10H,2-8,13H2,1H3. The van der Waals surface area contributed by atoms with E-state index in [2.05, 4.69) is 0 Å². The van der Waals surface area contributed by atoms with Gasteiger partial charge in [0.05, 0.1) is 6.04 Å². The van der Waals surface area contributed by atoms with E-state index in [0.29, 0.717) is 13.0 Å². The molecule has 2 aliphatic heterocycles. The molecule has 5 heteroatoms. The molecule has 2 saturated heterocycles. The van der Waals surface area contributed by atoms with E-state index >= 15 is 0 Å². The minimum absolute atomic E-state index is 0.0761. The van der Waals surface area contributed by atoms with Crippen LogP contribution in [0.1, 0.15) is 32.6 Å². The summed E-state index contributed by atoms with van der Waals surface area (Å²) in [5.74, 6) is -0.00462. The third-order valence-electron chi connectivity index (χ3n) is 3.77. The van der Waals surface area contributed by atoms with Gasteiger partial charge in [-0.3, -0.25) is 9.59 Å². The third kappa shape index (κ3) is 2.44. The molecule has 2 atom stereocenters. The van der Waals surface area contributed by atoms with Crippen molar-refractivity contribution in [3.05, 3.63) is 0 Å². The van der Waals surface area contributed by atoms with Gasteiger partial charge >= 0.3 is 0 Å². The van der Waals surface area contributed by atoms with Gasteiger partial charge in [0.15, 0.2) is 0 Å². The van der Waals surface area contributed by atoms with E-state index in [4.69, 9.17) is 5.73 Å². The summed E-state index contributed by atoms with van der Waals surface area (Å²) in [4.78, 5) is 27.5. The van der Waals surface area contributed by atoms with Gasteiger partial charge in [0.25, 0.3) is 0 Å². The highest BCUT2D eigenvalue weighted by molar-refractivity contribution is 5.90. The van der Waals surface area contributed by atoms with Crippen LogP contribution in [0.3, 0.4) is 0 Å². The Balaban J connectivity index is 1.97. The normalized spacial score (nSPS) is 27.4.